The molecule has 25 heavy (non-hydrogen) atoms. The molecule has 0 spiro atoms. The Labute approximate surface area is 149 Å². The number of aromatic nitrogens is 2. The van der Waals surface area contributed by atoms with Gasteiger partial charge in [0.25, 0.3) is 0 Å². The number of pyridine rings is 1. The van der Waals surface area contributed by atoms with Gasteiger partial charge in [0.1, 0.15) is 5.52 Å². The molecule has 0 aliphatic rings. The third-order valence-corrected chi connectivity index (χ3v) is 3.99. The van der Waals surface area contributed by atoms with Crippen molar-refractivity contribution >= 4 is 34.1 Å². The van der Waals surface area contributed by atoms with E-state index in [0.717, 1.165) is 28.2 Å². The average molecular weight is 348 g/mol. The van der Waals surface area contributed by atoms with Gasteiger partial charge in [0.2, 0.25) is 5.89 Å². The molecule has 2 aromatic carbocycles. The lowest BCUT2D eigenvalue weighted by molar-refractivity contribution is 0.620. The molecule has 4 nitrogen and oxygen atoms in total. The van der Waals surface area contributed by atoms with E-state index in [4.69, 9.17) is 16.0 Å². The summed E-state index contributed by atoms with van der Waals surface area (Å²) in [5, 5.41) is 3.88. The fraction of sp³-hybridized carbons (Fsp3) is 0. The summed E-state index contributed by atoms with van der Waals surface area (Å²) in [6.45, 7) is 4.02. The van der Waals surface area contributed by atoms with Crippen LogP contribution in [-0.4, -0.2) is 9.97 Å². The molecule has 0 fully saturated rings. The zero-order valence-electron chi connectivity index (χ0n) is 13.2. The van der Waals surface area contributed by atoms with E-state index in [0.29, 0.717) is 16.5 Å². The smallest absolute Gasteiger partial charge is 0.227 e. The van der Waals surface area contributed by atoms with Crippen molar-refractivity contribution in [2.45, 2.75) is 0 Å². The van der Waals surface area contributed by atoms with E-state index in [-0.39, 0.29) is 0 Å². The van der Waals surface area contributed by atoms with Gasteiger partial charge in [0.05, 0.1) is 11.4 Å². The number of rotatable bonds is 4. The maximum absolute atomic E-state index is 5.99. The molecule has 0 saturated carbocycles. The van der Waals surface area contributed by atoms with Gasteiger partial charge in [-0.2, -0.15) is 0 Å². The Morgan fingerprint density at radius 2 is 1.88 bits per heavy atom. The molecule has 0 aliphatic carbocycles. The third kappa shape index (κ3) is 3.25. The molecule has 4 aromatic rings. The molecule has 4 rings (SSSR count). The topological polar surface area (TPSA) is 51.0 Å². The number of fused-ring (bicyclic) bond motifs is 1. The number of hydrogen-bond acceptors (Lipinski definition) is 4. The van der Waals surface area contributed by atoms with Crippen LogP contribution in [0.2, 0.25) is 5.02 Å². The first-order valence-electron chi connectivity index (χ1n) is 7.73. The molecule has 2 heterocycles. The number of nitrogens with zero attached hydrogens (tertiary/aromatic N) is 2. The van der Waals surface area contributed by atoms with Crippen molar-refractivity contribution in [3.63, 3.8) is 0 Å². The quantitative estimate of drug-likeness (QED) is 0.520. The van der Waals surface area contributed by atoms with Crippen LogP contribution >= 0.6 is 11.6 Å². The van der Waals surface area contributed by atoms with Crippen LogP contribution in [0.15, 0.2) is 77.9 Å². The molecule has 5 heteroatoms. The summed E-state index contributed by atoms with van der Waals surface area (Å²) in [4.78, 5) is 8.76. The van der Waals surface area contributed by atoms with E-state index in [1.807, 2.05) is 48.5 Å². The zero-order chi connectivity index (χ0) is 17.2. The van der Waals surface area contributed by atoms with E-state index in [2.05, 4.69) is 21.9 Å². The second-order valence-corrected chi connectivity index (χ2v) is 5.96. The van der Waals surface area contributed by atoms with Crippen molar-refractivity contribution in [3.05, 3.63) is 84.2 Å². The first-order valence-corrected chi connectivity index (χ1v) is 8.11. The highest BCUT2D eigenvalue weighted by Crippen LogP contribution is 2.27. The van der Waals surface area contributed by atoms with E-state index in [1.165, 1.54) is 0 Å². The average Bonchev–Trinajstić information content (AvgIpc) is 3.06. The van der Waals surface area contributed by atoms with E-state index in [1.54, 1.807) is 18.3 Å². The fourth-order valence-corrected chi connectivity index (χ4v) is 2.67. The third-order valence-electron chi connectivity index (χ3n) is 3.75. The minimum absolute atomic E-state index is 0.562. The Kier molecular flexibility index (Phi) is 3.96. The van der Waals surface area contributed by atoms with Crippen molar-refractivity contribution in [3.8, 4) is 11.5 Å². The van der Waals surface area contributed by atoms with Gasteiger partial charge in [-0.05, 0) is 54.6 Å². The van der Waals surface area contributed by atoms with E-state index in [9.17, 15) is 0 Å². The normalized spacial score (nSPS) is 10.8. The Hall–Kier alpha value is -3.11. The first kappa shape index (κ1) is 15.4. The summed E-state index contributed by atoms with van der Waals surface area (Å²) >= 11 is 5.99. The van der Waals surface area contributed by atoms with Gasteiger partial charge < -0.3 is 9.73 Å². The van der Waals surface area contributed by atoms with Crippen LogP contribution in [0.5, 0.6) is 0 Å². The minimum atomic E-state index is 0.562. The number of oxazole rings is 1. The number of nitrogens with one attached hydrogen (secondary N) is 1. The Morgan fingerprint density at radius 1 is 1.04 bits per heavy atom. The lowest BCUT2D eigenvalue weighted by Crippen LogP contribution is -1.98. The van der Waals surface area contributed by atoms with Crippen molar-refractivity contribution in [2.75, 3.05) is 5.32 Å². The first-order chi connectivity index (χ1) is 12.2. The van der Waals surface area contributed by atoms with Crippen LogP contribution in [0.3, 0.4) is 0 Å². The minimum Gasteiger partial charge on any atom is -0.436 e. The van der Waals surface area contributed by atoms with Crippen LogP contribution in [0.25, 0.3) is 28.3 Å². The van der Waals surface area contributed by atoms with Gasteiger partial charge in [-0.25, -0.2) is 4.98 Å². The lowest BCUT2D eigenvalue weighted by atomic mass is 10.2. The van der Waals surface area contributed by atoms with Crippen LogP contribution in [0.1, 0.15) is 5.69 Å². The van der Waals surface area contributed by atoms with Gasteiger partial charge >= 0.3 is 0 Å². The summed E-state index contributed by atoms with van der Waals surface area (Å²) in [6, 6.07) is 18.9. The summed E-state index contributed by atoms with van der Waals surface area (Å²) in [5.41, 5.74) is 4.81. The van der Waals surface area contributed by atoms with Gasteiger partial charge in [0, 0.05) is 22.5 Å². The van der Waals surface area contributed by atoms with Crippen LogP contribution in [0.4, 0.5) is 5.69 Å². The zero-order valence-corrected chi connectivity index (χ0v) is 14.0. The van der Waals surface area contributed by atoms with Crippen molar-refractivity contribution < 1.29 is 4.42 Å². The number of anilines is 1. The molecule has 0 saturated heterocycles. The SMILES string of the molecule is C=C(Nc1ccc(-c2nc3cc(Cl)ccc3o2)cc1)c1ccccn1. The summed E-state index contributed by atoms with van der Waals surface area (Å²) in [5.74, 6) is 0.562. The van der Waals surface area contributed by atoms with Gasteiger partial charge in [-0.1, -0.05) is 24.2 Å². The lowest BCUT2D eigenvalue weighted by Gasteiger charge is -2.09. The highest BCUT2D eigenvalue weighted by atomic mass is 35.5. The van der Waals surface area contributed by atoms with E-state index < -0.39 is 0 Å². The Morgan fingerprint density at radius 3 is 2.64 bits per heavy atom. The van der Waals surface area contributed by atoms with Crippen LogP contribution < -0.4 is 5.32 Å². The van der Waals surface area contributed by atoms with Gasteiger partial charge in [-0.3, -0.25) is 4.98 Å². The predicted molar refractivity (Wildman–Crippen MR) is 101 cm³/mol. The molecule has 0 atom stereocenters. The highest BCUT2D eigenvalue weighted by molar-refractivity contribution is 6.31. The maximum atomic E-state index is 5.99. The molecular weight excluding hydrogens is 334 g/mol. The van der Waals surface area contributed by atoms with Crippen molar-refractivity contribution in [1.82, 2.24) is 9.97 Å². The van der Waals surface area contributed by atoms with Crippen LogP contribution in [0, 0.1) is 0 Å². The summed E-state index contributed by atoms with van der Waals surface area (Å²) in [6.07, 6.45) is 1.74. The van der Waals surface area contributed by atoms with Gasteiger partial charge in [-0.15, -0.1) is 0 Å². The van der Waals surface area contributed by atoms with E-state index >= 15 is 0 Å². The van der Waals surface area contributed by atoms with Crippen molar-refractivity contribution in [2.24, 2.45) is 0 Å². The summed E-state index contributed by atoms with van der Waals surface area (Å²) < 4.78 is 5.78. The number of hydrogen-bond donors (Lipinski definition) is 1. The summed E-state index contributed by atoms with van der Waals surface area (Å²) in [7, 11) is 0. The van der Waals surface area contributed by atoms with Crippen LogP contribution in [-0.2, 0) is 0 Å². The monoisotopic (exact) mass is 347 g/mol. The molecule has 0 bridgehead atoms. The molecule has 0 radical (unpaired) electrons. The molecular formula is C20H14ClN3O. The maximum Gasteiger partial charge on any atom is 0.227 e. The number of benzene rings is 2. The predicted octanol–water partition coefficient (Wildman–Crippen LogP) is 5.63. The molecule has 0 unspecified atom stereocenters. The standard InChI is InChI=1S/C20H14ClN3O/c1-13(17-4-2-3-11-22-17)23-16-8-5-14(6-9-16)20-24-18-12-15(21)7-10-19(18)25-20/h2-12,23H,1H2. The molecule has 0 amide bonds. The Balaban J connectivity index is 1.56. The fourth-order valence-electron chi connectivity index (χ4n) is 2.50. The molecule has 122 valence electrons. The van der Waals surface area contributed by atoms with Gasteiger partial charge in [0.15, 0.2) is 5.58 Å². The second kappa shape index (κ2) is 6.42. The Bertz CT molecular complexity index is 1040. The van der Waals surface area contributed by atoms with Crippen molar-refractivity contribution in [1.29, 1.82) is 0 Å². The largest absolute Gasteiger partial charge is 0.436 e. The highest BCUT2D eigenvalue weighted by Gasteiger charge is 2.09. The molecule has 2 aromatic heterocycles. The second-order valence-electron chi connectivity index (χ2n) is 5.53. The molecule has 0 aliphatic heterocycles. The molecule has 1 N–H and O–H groups in total. The number of halogens is 1.